The Bertz CT molecular complexity index is 858. The van der Waals surface area contributed by atoms with Gasteiger partial charge in [-0.3, -0.25) is 9.20 Å². The van der Waals surface area contributed by atoms with Crippen molar-refractivity contribution in [2.45, 2.75) is 19.4 Å². The topological polar surface area (TPSA) is 64.9 Å². The number of ether oxygens (including phenoxy) is 2. The third-order valence-corrected chi connectivity index (χ3v) is 4.96. The molecule has 0 aliphatic carbocycles. The van der Waals surface area contributed by atoms with Gasteiger partial charge in [0.2, 0.25) is 0 Å². The Hall–Kier alpha value is -2.54. The van der Waals surface area contributed by atoms with E-state index in [9.17, 15) is 4.79 Å². The van der Waals surface area contributed by atoms with Crippen LogP contribution in [0, 0.1) is 0 Å². The third kappa shape index (κ3) is 2.71. The minimum Gasteiger partial charge on any atom is -0.494 e. The number of thiazole rings is 1. The maximum Gasteiger partial charge on any atom is 0.263 e. The highest BCUT2D eigenvalue weighted by Gasteiger charge is 2.25. The summed E-state index contributed by atoms with van der Waals surface area (Å²) in [5.74, 6) is 1.50. The normalized spacial score (nSPS) is 16.5. The van der Waals surface area contributed by atoms with Gasteiger partial charge in [0, 0.05) is 30.6 Å². The first-order valence-electron chi connectivity index (χ1n) is 7.87. The molecule has 0 saturated heterocycles. The Kier molecular flexibility index (Phi) is 3.86. The second kappa shape index (κ2) is 6.16. The first-order valence-corrected chi connectivity index (χ1v) is 8.69. The molecule has 1 unspecified atom stereocenters. The highest BCUT2D eigenvalue weighted by atomic mass is 32.1. The standard InChI is InChI=1S/C17H17N3O3S/c1-2-22-11-3-4-14-12(9-11)13(5-8-23-14)19-16(21)15-10-20-7-6-18-17(20)24-15/h3-4,6-7,9-10,13H,2,5,8H2,1H3,(H,19,21). The Labute approximate surface area is 143 Å². The van der Waals surface area contributed by atoms with Crippen molar-refractivity contribution in [3.8, 4) is 11.5 Å². The molecule has 124 valence electrons. The van der Waals surface area contributed by atoms with Crippen LogP contribution in [-0.4, -0.2) is 28.5 Å². The van der Waals surface area contributed by atoms with Gasteiger partial charge in [0.05, 0.1) is 19.3 Å². The Morgan fingerprint density at radius 1 is 1.54 bits per heavy atom. The fourth-order valence-corrected chi connectivity index (χ4v) is 3.69. The molecule has 1 amide bonds. The number of rotatable bonds is 4. The third-order valence-electron chi connectivity index (χ3n) is 3.95. The fraction of sp³-hybridized carbons (Fsp3) is 0.294. The molecule has 7 heteroatoms. The Morgan fingerprint density at radius 2 is 2.46 bits per heavy atom. The number of carbonyl (C=O) groups excluding carboxylic acids is 1. The van der Waals surface area contributed by atoms with Crippen molar-refractivity contribution in [1.82, 2.24) is 14.7 Å². The molecule has 4 rings (SSSR count). The van der Waals surface area contributed by atoms with Crippen LogP contribution in [0.5, 0.6) is 11.5 Å². The zero-order valence-electron chi connectivity index (χ0n) is 13.2. The van der Waals surface area contributed by atoms with Crippen LogP contribution in [0.3, 0.4) is 0 Å². The van der Waals surface area contributed by atoms with Crippen molar-refractivity contribution in [2.24, 2.45) is 0 Å². The predicted molar refractivity (Wildman–Crippen MR) is 91.0 cm³/mol. The molecule has 6 nitrogen and oxygen atoms in total. The van der Waals surface area contributed by atoms with Gasteiger partial charge in [-0.25, -0.2) is 4.98 Å². The Morgan fingerprint density at radius 3 is 3.29 bits per heavy atom. The van der Waals surface area contributed by atoms with Gasteiger partial charge in [-0.15, -0.1) is 0 Å². The van der Waals surface area contributed by atoms with Gasteiger partial charge in [0.25, 0.3) is 5.91 Å². The lowest BCUT2D eigenvalue weighted by Crippen LogP contribution is -2.31. The Balaban J connectivity index is 1.57. The molecular formula is C17H17N3O3S. The van der Waals surface area contributed by atoms with E-state index in [1.807, 2.05) is 35.7 Å². The second-order valence-electron chi connectivity index (χ2n) is 5.51. The number of fused-ring (bicyclic) bond motifs is 2. The van der Waals surface area contributed by atoms with E-state index < -0.39 is 0 Å². The lowest BCUT2D eigenvalue weighted by molar-refractivity contribution is 0.0928. The van der Waals surface area contributed by atoms with Gasteiger partial charge < -0.3 is 14.8 Å². The van der Waals surface area contributed by atoms with E-state index in [4.69, 9.17) is 9.47 Å². The van der Waals surface area contributed by atoms with Crippen LogP contribution in [0.25, 0.3) is 4.96 Å². The van der Waals surface area contributed by atoms with Crippen LogP contribution >= 0.6 is 11.3 Å². The van der Waals surface area contributed by atoms with Crippen LogP contribution in [0.2, 0.25) is 0 Å². The minimum absolute atomic E-state index is 0.0870. The first kappa shape index (κ1) is 15.0. The highest BCUT2D eigenvalue weighted by Crippen LogP contribution is 2.35. The number of hydrogen-bond donors (Lipinski definition) is 1. The lowest BCUT2D eigenvalue weighted by Gasteiger charge is -2.27. The van der Waals surface area contributed by atoms with Gasteiger partial charge in [-0.05, 0) is 25.1 Å². The summed E-state index contributed by atoms with van der Waals surface area (Å²) >= 11 is 1.38. The summed E-state index contributed by atoms with van der Waals surface area (Å²) in [4.78, 5) is 18.2. The summed E-state index contributed by atoms with van der Waals surface area (Å²) in [6.45, 7) is 3.13. The quantitative estimate of drug-likeness (QED) is 0.791. The predicted octanol–water partition coefficient (Wildman–Crippen LogP) is 3.05. The van der Waals surface area contributed by atoms with E-state index in [-0.39, 0.29) is 11.9 Å². The van der Waals surface area contributed by atoms with Crippen LogP contribution < -0.4 is 14.8 Å². The summed E-state index contributed by atoms with van der Waals surface area (Å²) in [6, 6.07) is 5.65. The van der Waals surface area contributed by atoms with Crippen molar-refractivity contribution in [3.63, 3.8) is 0 Å². The molecule has 0 radical (unpaired) electrons. The average molecular weight is 343 g/mol. The maximum atomic E-state index is 12.6. The average Bonchev–Trinajstić information content (AvgIpc) is 3.17. The molecule has 3 heterocycles. The molecule has 1 aromatic carbocycles. The van der Waals surface area contributed by atoms with Crippen molar-refractivity contribution >= 4 is 22.2 Å². The van der Waals surface area contributed by atoms with E-state index in [0.29, 0.717) is 18.1 Å². The van der Waals surface area contributed by atoms with Crippen LogP contribution in [0.4, 0.5) is 0 Å². The minimum atomic E-state index is -0.0924. The molecule has 0 saturated carbocycles. The van der Waals surface area contributed by atoms with E-state index in [0.717, 1.165) is 28.4 Å². The summed E-state index contributed by atoms with van der Waals surface area (Å²) in [5.41, 5.74) is 0.960. The molecule has 0 fully saturated rings. The molecule has 2 aromatic heterocycles. The SMILES string of the molecule is CCOc1ccc2c(c1)C(NC(=O)c1cn3ccnc3s1)CCO2. The number of carbonyl (C=O) groups is 1. The summed E-state index contributed by atoms with van der Waals surface area (Å²) in [6.07, 6.45) is 6.09. The number of aromatic nitrogens is 2. The van der Waals surface area contributed by atoms with Gasteiger partial charge in [0.1, 0.15) is 16.4 Å². The summed E-state index contributed by atoms with van der Waals surface area (Å²) in [5, 5.41) is 3.11. The molecule has 0 spiro atoms. The number of amides is 1. The highest BCUT2D eigenvalue weighted by molar-refractivity contribution is 7.18. The van der Waals surface area contributed by atoms with Crippen molar-refractivity contribution in [2.75, 3.05) is 13.2 Å². The molecule has 1 atom stereocenters. The summed E-state index contributed by atoms with van der Waals surface area (Å²) < 4.78 is 13.1. The zero-order valence-corrected chi connectivity index (χ0v) is 14.0. The summed E-state index contributed by atoms with van der Waals surface area (Å²) in [7, 11) is 0. The monoisotopic (exact) mass is 343 g/mol. The largest absolute Gasteiger partial charge is 0.494 e. The zero-order chi connectivity index (χ0) is 16.5. The molecule has 0 bridgehead atoms. The van der Waals surface area contributed by atoms with Crippen LogP contribution in [-0.2, 0) is 0 Å². The maximum absolute atomic E-state index is 12.6. The van der Waals surface area contributed by atoms with Crippen LogP contribution in [0.15, 0.2) is 36.8 Å². The number of nitrogens with one attached hydrogen (secondary N) is 1. The van der Waals surface area contributed by atoms with E-state index in [1.54, 1.807) is 12.4 Å². The fourth-order valence-electron chi connectivity index (χ4n) is 2.84. The smallest absolute Gasteiger partial charge is 0.263 e. The van der Waals surface area contributed by atoms with Gasteiger partial charge >= 0.3 is 0 Å². The lowest BCUT2D eigenvalue weighted by atomic mass is 10.00. The first-order chi connectivity index (χ1) is 11.7. The van der Waals surface area contributed by atoms with E-state index >= 15 is 0 Å². The van der Waals surface area contributed by atoms with Crippen molar-refractivity contribution in [1.29, 1.82) is 0 Å². The molecule has 24 heavy (non-hydrogen) atoms. The number of benzene rings is 1. The van der Waals surface area contributed by atoms with E-state index in [1.165, 1.54) is 11.3 Å². The number of imidazole rings is 1. The second-order valence-corrected chi connectivity index (χ2v) is 6.52. The van der Waals surface area contributed by atoms with Gasteiger partial charge in [-0.1, -0.05) is 11.3 Å². The van der Waals surface area contributed by atoms with Crippen molar-refractivity contribution in [3.05, 3.63) is 47.2 Å². The molecule has 1 N–H and O–H groups in total. The van der Waals surface area contributed by atoms with Crippen molar-refractivity contribution < 1.29 is 14.3 Å². The van der Waals surface area contributed by atoms with Gasteiger partial charge in [0.15, 0.2) is 4.96 Å². The number of hydrogen-bond acceptors (Lipinski definition) is 5. The van der Waals surface area contributed by atoms with Gasteiger partial charge in [-0.2, -0.15) is 0 Å². The molecule has 3 aromatic rings. The molecule has 1 aliphatic rings. The number of nitrogens with zero attached hydrogens (tertiary/aromatic N) is 2. The molecular weight excluding hydrogens is 326 g/mol. The van der Waals surface area contributed by atoms with Crippen LogP contribution in [0.1, 0.15) is 34.6 Å². The van der Waals surface area contributed by atoms with E-state index in [2.05, 4.69) is 10.3 Å². The molecule has 1 aliphatic heterocycles.